The van der Waals surface area contributed by atoms with Gasteiger partial charge in [0.2, 0.25) is 0 Å². The second kappa shape index (κ2) is 15.6. The Morgan fingerprint density at radius 3 is 2.75 bits per heavy atom. The fraction of sp³-hybridized carbons (Fsp3) is 0.800. The number of nitrogens with one attached hydrogen (secondary N) is 2. The topological polar surface area (TPSA) is 85.6 Å². The predicted molar refractivity (Wildman–Crippen MR) is 106 cm³/mol. The van der Waals surface area contributed by atoms with E-state index in [4.69, 9.17) is 9.47 Å². The summed E-state index contributed by atoms with van der Waals surface area (Å²) in [5, 5.41) is 14.6. The Bertz CT molecular complexity index is 441. The molecule has 0 spiro atoms. The molecular formula is C15H31IN6O2. The number of nitrogens with zero attached hydrogens (tertiary/aromatic N) is 4. The molecule has 0 atom stereocenters. The molecule has 140 valence electrons. The standard InChI is InChI=1S/C15H30N6O2.HI/c1-4-14-20-19-13-21(14)10-8-17-15(18-9-12-22-3)16-7-6-11-23-5-2;/h13H,4-12H2,1-3H3,(H2,16,17,18);1H. The number of aromatic nitrogens is 3. The summed E-state index contributed by atoms with van der Waals surface area (Å²) in [7, 11) is 1.69. The molecular weight excluding hydrogens is 423 g/mol. The van der Waals surface area contributed by atoms with Gasteiger partial charge in [0.15, 0.2) is 5.96 Å². The third kappa shape index (κ3) is 10.0. The van der Waals surface area contributed by atoms with Crippen molar-refractivity contribution in [2.75, 3.05) is 46.6 Å². The second-order valence-electron chi connectivity index (χ2n) is 4.92. The van der Waals surface area contributed by atoms with E-state index in [0.717, 1.165) is 64.0 Å². The normalized spacial score (nSPS) is 11.2. The summed E-state index contributed by atoms with van der Waals surface area (Å²) in [6.07, 6.45) is 3.55. The van der Waals surface area contributed by atoms with Gasteiger partial charge >= 0.3 is 0 Å². The van der Waals surface area contributed by atoms with E-state index in [9.17, 15) is 0 Å². The average molecular weight is 454 g/mol. The Morgan fingerprint density at radius 1 is 1.25 bits per heavy atom. The highest BCUT2D eigenvalue weighted by atomic mass is 127. The van der Waals surface area contributed by atoms with Crippen LogP contribution in [0.15, 0.2) is 11.3 Å². The molecule has 0 saturated carbocycles. The summed E-state index contributed by atoms with van der Waals surface area (Å²) in [5.41, 5.74) is 0. The first kappa shape index (κ1) is 23.1. The minimum Gasteiger partial charge on any atom is -0.383 e. The zero-order valence-corrected chi connectivity index (χ0v) is 17.3. The number of rotatable bonds is 12. The van der Waals surface area contributed by atoms with Crippen LogP contribution in [0.5, 0.6) is 0 Å². The molecule has 24 heavy (non-hydrogen) atoms. The lowest BCUT2D eigenvalue weighted by atomic mass is 10.4. The van der Waals surface area contributed by atoms with Crippen LogP contribution in [0.2, 0.25) is 0 Å². The minimum atomic E-state index is 0. The third-order valence-electron chi connectivity index (χ3n) is 3.18. The van der Waals surface area contributed by atoms with E-state index in [0.29, 0.717) is 6.61 Å². The number of hydrogen-bond donors (Lipinski definition) is 2. The molecule has 9 heteroatoms. The number of halogens is 1. The fourth-order valence-corrected chi connectivity index (χ4v) is 1.98. The van der Waals surface area contributed by atoms with Crippen LogP contribution in [0, 0.1) is 0 Å². The molecule has 0 amide bonds. The minimum absolute atomic E-state index is 0. The average Bonchev–Trinajstić information content (AvgIpc) is 3.02. The fourth-order valence-electron chi connectivity index (χ4n) is 1.98. The van der Waals surface area contributed by atoms with E-state index in [1.807, 2.05) is 6.92 Å². The van der Waals surface area contributed by atoms with Crippen LogP contribution in [-0.2, 0) is 22.4 Å². The molecule has 0 unspecified atom stereocenters. The lowest BCUT2D eigenvalue weighted by Crippen LogP contribution is -2.40. The number of aliphatic imine (C=N–C) groups is 1. The molecule has 1 aromatic heterocycles. The molecule has 0 saturated heterocycles. The molecule has 1 aromatic rings. The van der Waals surface area contributed by atoms with Gasteiger partial charge in [0.1, 0.15) is 12.2 Å². The first-order valence-electron chi connectivity index (χ1n) is 8.27. The van der Waals surface area contributed by atoms with E-state index >= 15 is 0 Å². The van der Waals surface area contributed by atoms with Crippen molar-refractivity contribution in [1.29, 1.82) is 0 Å². The van der Waals surface area contributed by atoms with Gasteiger partial charge in [0.25, 0.3) is 0 Å². The van der Waals surface area contributed by atoms with E-state index in [1.54, 1.807) is 13.4 Å². The van der Waals surface area contributed by atoms with Crippen molar-refractivity contribution in [2.24, 2.45) is 4.99 Å². The van der Waals surface area contributed by atoms with Gasteiger partial charge in [-0.25, -0.2) is 0 Å². The monoisotopic (exact) mass is 454 g/mol. The van der Waals surface area contributed by atoms with Gasteiger partial charge in [-0.05, 0) is 13.3 Å². The van der Waals surface area contributed by atoms with Crippen molar-refractivity contribution < 1.29 is 9.47 Å². The van der Waals surface area contributed by atoms with Crippen LogP contribution in [0.25, 0.3) is 0 Å². The van der Waals surface area contributed by atoms with E-state index in [-0.39, 0.29) is 24.0 Å². The highest BCUT2D eigenvalue weighted by molar-refractivity contribution is 14.0. The zero-order chi connectivity index (χ0) is 16.8. The molecule has 0 radical (unpaired) electrons. The molecule has 0 aliphatic rings. The molecule has 0 aromatic carbocycles. The Morgan fingerprint density at radius 2 is 2.04 bits per heavy atom. The van der Waals surface area contributed by atoms with Crippen LogP contribution in [-0.4, -0.2) is 67.3 Å². The van der Waals surface area contributed by atoms with Gasteiger partial charge in [0.05, 0.1) is 6.61 Å². The SMILES string of the molecule is CCOCCCN=C(NCCOC)NCCn1cnnc1CC.I. The number of methoxy groups -OCH3 is 1. The van der Waals surface area contributed by atoms with Crippen molar-refractivity contribution in [3.63, 3.8) is 0 Å². The zero-order valence-electron chi connectivity index (χ0n) is 15.0. The van der Waals surface area contributed by atoms with Crippen molar-refractivity contribution in [3.8, 4) is 0 Å². The maximum absolute atomic E-state index is 5.32. The number of ether oxygens (including phenoxy) is 2. The molecule has 0 fully saturated rings. The summed E-state index contributed by atoms with van der Waals surface area (Å²) in [6, 6.07) is 0. The first-order chi connectivity index (χ1) is 11.3. The van der Waals surface area contributed by atoms with Crippen molar-refractivity contribution in [1.82, 2.24) is 25.4 Å². The number of hydrogen-bond acceptors (Lipinski definition) is 5. The van der Waals surface area contributed by atoms with Gasteiger partial charge in [-0.2, -0.15) is 0 Å². The summed E-state index contributed by atoms with van der Waals surface area (Å²) >= 11 is 0. The van der Waals surface area contributed by atoms with E-state index in [1.165, 1.54) is 0 Å². The summed E-state index contributed by atoms with van der Waals surface area (Å²) in [6.45, 7) is 9.23. The van der Waals surface area contributed by atoms with Gasteiger partial charge in [0, 0.05) is 52.9 Å². The second-order valence-corrected chi connectivity index (χ2v) is 4.92. The molecule has 1 heterocycles. The highest BCUT2D eigenvalue weighted by Gasteiger charge is 2.02. The van der Waals surface area contributed by atoms with Crippen molar-refractivity contribution in [2.45, 2.75) is 33.2 Å². The third-order valence-corrected chi connectivity index (χ3v) is 3.18. The van der Waals surface area contributed by atoms with Crippen LogP contribution in [0.3, 0.4) is 0 Å². The predicted octanol–water partition coefficient (Wildman–Crippen LogP) is 1.07. The Balaban J connectivity index is 0.00000529. The van der Waals surface area contributed by atoms with Crippen LogP contribution in [0.4, 0.5) is 0 Å². The van der Waals surface area contributed by atoms with Crippen molar-refractivity contribution >= 4 is 29.9 Å². The Hall–Kier alpha value is -0.940. The molecule has 0 aliphatic heterocycles. The molecule has 8 nitrogen and oxygen atoms in total. The lowest BCUT2D eigenvalue weighted by Gasteiger charge is -2.13. The first-order valence-corrected chi connectivity index (χ1v) is 8.27. The summed E-state index contributed by atoms with van der Waals surface area (Å²) < 4.78 is 12.4. The van der Waals surface area contributed by atoms with Gasteiger partial charge < -0.3 is 24.7 Å². The van der Waals surface area contributed by atoms with Crippen LogP contribution in [0.1, 0.15) is 26.1 Å². The van der Waals surface area contributed by atoms with Crippen molar-refractivity contribution in [3.05, 3.63) is 12.2 Å². The Kier molecular flexibility index (Phi) is 15.0. The maximum Gasteiger partial charge on any atom is 0.191 e. The summed E-state index contributed by atoms with van der Waals surface area (Å²) in [5.74, 6) is 1.79. The van der Waals surface area contributed by atoms with Gasteiger partial charge in [-0.15, -0.1) is 34.2 Å². The number of guanidine groups is 1. The quantitative estimate of drug-likeness (QED) is 0.213. The van der Waals surface area contributed by atoms with E-state index in [2.05, 4.69) is 37.3 Å². The lowest BCUT2D eigenvalue weighted by molar-refractivity contribution is 0.146. The van der Waals surface area contributed by atoms with Gasteiger partial charge in [-0.1, -0.05) is 6.92 Å². The van der Waals surface area contributed by atoms with Crippen LogP contribution < -0.4 is 10.6 Å². The smallest absolute Gasteiger partial charge is 0.191 e. The summed E-state index contributed by atoms with van der Waals surface area (Å²) in [4.78, 5) is 4.55. The maximum atomic E-state index is 5.32. The van der Waals surface area contributed by atoms with Gasteiger partial charge in [-0.3, -0.25) is 4.99 Å². The van der Waals surface area contributed by atoms with E-state index < -0.39 is 0 Å². The molecule has 2 N–H and O–H groups in total. The highest BCUT2D eigenvalue weighted by Crippen LogP contribution is 1.94. The molecule has 1 rings (SSSR count). The largest absolute Gasteiger partial charge is 0.383 e. The molecule has 0 bridgehead atoms. The molecule has 0 aliphatic carbocycles. The van der Waals surface area contributed by atoms with Crippen LogP contribution >= 0.6 is 24.0 Å². The Labute approximate surface area is 161 Å². The number of aryl methyl sites for hydroxylation is 1.